The Hall–Kier alpha value is -2.14. The number of alkyl carbamates (subject to hydrolysis) is 1. The largest absolute Gasteiger partial charge is 0.633 e. The van der Waals surface area contributed by atoms with Crippen LogP contribution in [0.4, 0.5) is 9.93 Å². The molecule has 3 N–H and O–H groups in total. The van der Waals surface area contributed by atoms with E-state index in [9.17, 15) is 15.1 Å². The van der Waals surface area contributed by atoms with Crippen molar-refractivity contribution in [1.29, 1.82) is 0 Å². The first-order valence-electron chi connectivity index (χ1n) is 15.8. The van der Waals surface area contributed by atoms with E-state index in [-0.39, 0.29) is 49.9 Å². The van der Waals surface area contributed by atoms with Crippen molar-refractivity contribution in [3.05, 3.63) is 64.9 Å². The predicted molar refractivity (Wildman–Crippen MR) is 196 cm³/mol. The highest BCUT2D eigenvalue weighted by Crippen LogP contribution is 2.33. The minimum absolute atomic E-state index is 0. The van der Waals surface area contributed by atoms with Gasteiger partial charge in [-0.25, -0.2) is 9.78 Å². The van der Waals surface area contributed by atoms with Crippen molar-refractivity contribution in [3.8, 4) is 0 Å². The summed E-state index contributed by atoms with van der Waals surface area (Å²) in [6.07, 6.45) is -0.795. The summed E-state index contributed by atoms with van der Waals surface area (Å²) in [5.74, 6) is 0.417. The molecule has 1 aromatic heterocycles. The first-order chi connectivity index (χ1) is 21.5. The van der Waals surface area contributed by atoms with Crippen LogP contribution in [0.1, 0.15) is 31.4 Å². The van der Waals surface area contributed by atoms with Gasteiger partial charge in [-0.2, -0.15) is 27.0 Å². The number of aromatic nitrogens is 1. The van der Waals surface area contributed by atoms with E-state index < -0.39 is 18.2 Å². The van der Waals surface area contributed by atoms with Crippen LogP contribution >= 0.6 is 38.3 Å². The minimum atomic E-state index is -0.842. The van der Waals surface area contributed by atoms with E-state index in [0.717, 1.165) is 39.4 Å². The number of carbonyl (C=O) groups excluding carboxylic acids is 1. The summed E-state index contributed by atoms with van der Waals surface area (Å²) in [5, 5.41) is 30.5. The summed E-state index contributed by atoms with van der Waals surface area (Å²) in [4.78, 5) is 20.0. The molecule has 2 saturated heterocycles. The van der Waals surface area contributed by atoms with Gasteiger partial charge in [0.1, 0.15) is 6.10 Å². The quantitative estimate of drug-likeness (QED) is 0.155. The number of hydroxylamine groups is 3. The Kier molecular flexibility index (Phi) is 15.1. The summed E-state index contributed by atoms with van der Waals surface area (Å²) in [5.41, 5.74) is 3.04. The molecule has 14 heteroatoms. The average Bonchev–Trinajstić information content (AvgIpc) is 3.69. The number of aliphatic hydroxyl groups excluding tert-OH is 1. The zero-order chi connectivity index (χ0) is 32.0. The fraction of sp³-hybridized carbons (Fsp3) is 0.576. The number of fused-ring (bicyclic) bond motifs is 2. The van der Waals surface area contributed by atoms with Crippen LogP contribution < -0.4 is 10.6 Å². The first-order valence-corrected chi connectivity index (χ1v) is 16.7. The number of benzene rings is 2. The van der Waals surface area contributed by atoms with Crippen molar-refractivity contribution in [1.82, 2.24) is 15.2 Å². The number of hydrogen-bond acceptors (Lipinski definition) is 10. The van der Waals surface area contributed by atoms with Crippen molar-refractivity contribution >= 4 is 59.8 Å². The van der Waals surface area contributed by atoms with Crippen LogP contribution in [0.5, 0.6) is 0 Å². The number of likely N-dealkylation sites (N-methyl/N-ethyl adjacent to an activating group) is 1. The van der Waals surface area contributed by atoms with Crippen LogP contribution in [0.3, 0.4) is 0 Å². The van der Waals surface area contributed by atoms with Gasteiger partial charge in [-0.3, -0.25) is 4.90 Å². The zero-order valence-electron chi connectivity index (χ0n) is 27.7. The monoisotopic (exact) mass is 709 g/mol. The Balaban J connectivity index is 0.00000300. The van der Waals surface area contributed by atoms with Gasteiger partial charge in [-0.05, 0) is 42.0 Å². The molecule has 2 aliphatic rings. The Morgan fingerprint density at radius 1 is 1.15 bits per heavy atom. The third kappa shape index (κ3) is 11.8. The molecule has 47 heavy (non-hydrogen) atoms. The van der Waals surface area contributed by atoms with Crippen LogP contribution in [0, 0.1) is 17.0 Å². The molecule has 0 aliphatic carbocycles. The van der Waals surface area contributed by atoms with Crippen LogP contribution in [-0.2, 0) is 27.2 Å². The second kappa shape index (κ2) is 18.0. The van der Waals surface area contributed by atoms with Crippen molar-refractivity contribution in [2.24, 2.45) is 11.8 Å². The highest BCUT2D eigenvalue weighted by atomic mass is 32.1. The Morgan fingerprint density at radius 2 is 1.91 bits per heavy atom. The van der Waals surface area contributed by atoms with Gasteiger partial charge in [-0.15, -0.1) is 0 Å². The lowest BCUT2D eigenvalue weighted by Gasteiger charge is -2.33. The average molecular weight is 710 g/mol. The predicted octanol–water partition coefficient (Wildman–Crippen LogP) is 4.43. The zero-order valence-corrected chi connectivity index (χ0v) is 30.5. The lowest BCUT2D eigenvalue weighted by molar-refractivity contribution is -0.838. The number of nitrogens with zero attached hydrogens (tertiary/aromatic N) is 3. The summed E-state index contributed by atoms with van der Waals surface area (Å²) in [7, 11) is 3.26. The number of thiazole rings is 1. The third-order valence-corrected chi connectivity index (χ3v) is 9.14. The molecular formula is C33H51N5O6S3. The Morgan fingerprint density at radius 3 is 2.64 bits per heavy atom. The number of carbonyl (C=O) groups is 1. The molecule has 1 amide bonds. The highest BCUT2D eigenvalue weighted by Gasteiger charge is 2.44. The van der Waals surface area contributed by atoms with Gasteiger partial charge in [0.2, 0.25) is 0 Å². The van der Waals surface area contributed by atoms with E-state index in [1.807, 2.05) is 36.4 Å². The maximum Gasteiger partial charge on any atom is 0.407 e. The molecule has 5 atom stereocenters. The smallest absolute Gasteiger partial charge is 0.407 e. The number of amides is 1. The maximum absolute atomic E-state index is 13.1. The van der Waals surface area contributed by atoms with Crippen LogP contribution in [0.2, 0.25) is 0 Å². The van der Waals surface area contributed by atoms with Gasteiger partial charge in [0.15, 0.2) is 11.4 Å². The lowest BCUT2D eigenvalue weighted by Crippen LogP contribution is -2.50. The van der Waals surface area contributed by atoms with E-state index in [1.165, 1.54) is 0 Å². The SMILES string of the molecule is CC(C)CN(Cc1ccc2nc(NCC[N+](C)(C)[O-])sc2c1)CC(O)C(Cc1ccccc1)NC(=O)OC1COC2OCCC12.S.S. The van der Waals surface area contributed by atoms with E-state index in [0.29, 0.717) is 51.7 Å². The van der Waals surface area contributed by atoms with Crippen molar-refractivity contribution < 1.29 is 28.8 Å². The second-order valence-corrected chi connectivity index (χ2v) is 14.1. The number of hydrogen-bond donors (Lipinski definition) is 3. The summed E-state index contributed by atoms with van der Waals surface area (Å²) in [6.45, 7) is 8.03. The number of anilines is 1. The molecule has 0 spiro atoms. The van der Waals surface area contributed by atoms with Crippen LogP contribution in [-0.4, -0.2) is 104 Å². The van der Waals surface area contributed by atoms with E-state index in [1.54, 1.807) is 25.4 Å². The molecule has 5 unspecified atom stereocenters. The normalized spacial score (nSPS) is 20.4. The number of nitrogens with one attached hydrogen (secondary N) is 2. The maximum atomic E-state index is 13.1. The molecule has 2 aromatic carbocycles. The molecule has 2 aliphatic heterocycles. The number of aliphatic hydroxyl groups is 1. The number of ether oxygens (including phenoxy) is 3. The van der Waals surface area contributed by atoms with E-state index in [4.69, 9.17) is 14.2 Å². The minimum Gasteiger partial charge on any atom is -0.633 e. The van der Waals surface area contributed by atoms with E-state index in [2.05, 4.69) is 46.5 Å². The summed E-state index contributed by atoms with van der Waals surface area (Å²) in [6, 6.07) is 15.5. The molecule has 0 bridgehead atoms. The first kappa shape index (κ1) is 39.3. The van der Waals surface area contributed by atoms with Crippen molar-refractivity contribution in [2.45, 2.75) is 57.8 Å². The Bertz CT molecular complexity index is 1390. The molecule has 3 aromatic rings. The molecule has 0 radical (unpaired) electrons. The molecule has 11 nitrogen and oxygen atoms in total. The molecular weight excluding hydrogens is 659 g/mol. The van der Waals surface area contributed by atoms with Gasteiger partial charge in [0.25, 0.3) is 0 Å². The van der Waals surface area contributed by atoms with Crippen molar-refractivity contribution in [2.75, 3.05) is 58.8 Å². The van der Waals surface area contributed by atoms with Gasteiger partial charge < -0.3 is 39.8 Å². The van der Waals surface area contributed by atoms with Gasteiger partial charge in [-0.1, -0.05) is 61.6 Å². The summed E-state index contributed by atoms with van der Waals surface area (Å²) >= 11 is 1.57. The van der Waals surface area contributed by atoms with Crippen LogP contribution in [0.25, 0.3) is 10.2 Å². The third-order valence-electron chi connectivity index (χ3n) is 8.16. The van der Waals surface area contributed by atoms with Crippen molar-refractivity contribution in [3.63, 3.8) is 0 Å². The fourth-order valence-corrected chi connectivity index (χ4v) is 6.92. The molecule has 2 fully saturated rings. The Labute approximate surface area is 296 Å². The number of rotatable bonds is 15. The van der Waals surface area contributed by atoms with E-state index >= 15 is 0 Å². The van der Waals surface area contributed by atoms with Gasteiger partial charge in [0, 0.05) is 19.6 Å². The topological polar surface area (TPSA) is 128 Å². The van der Waals surface area contributed by atoms with Crippen LogP contribution in [0.15, 0.2) is 48.5 Å². The van der Waals surface area contributed by atoms with Gasteiger partial charge in [0.05, 0.1) is 68.7 Å². The summed E-state index contributed by atoms with van der Waals surface area (Å²) < 4.78 is 17.7. The highest BCUT2D eigenvalue weighted by molar-refractivity contribution is 7.59. The molecule has 262 valence electrons. The standard InChI is InChI=1S/C33H47N5O6S.2H2S/c1-22(2)18-37(19-24-10-11-26-30(17-24)45-32(35-26)34-13-14-38(3,4)41)20-28(39)27(16-23-8-6-5-7-9-23)36-33(40)44-29-21-43-31-25(29)12-15-42-31;;/h5-11,17,22,25,27-29,31,39H,12-16,18-21H2,1-4H3,(H,34,35)(H,36,40);2*1H2. The second-order valence-electron chi connectivity index (χ2n) is 13.1. The lowest BCUT2D eigenvalue weighted by atomic mass is 10.00. The molecule has 0 saturated carbocycles. The molecule has 5 rings (SSSR count). The number of quaternary nitrogens is 1. The van der Waals surface area contributed by atoms with Gasteiger partial charge >= 0.3 is 6.09 Å². The fourth-order valence-electron chi connectivity index (χ4n) is 5.97. The molecule has 3 heterocycles.